The summed E-state index contributed by atoms with van der Waals surface area (Å²) in [5, 5.41) is 7.25. The molecule has 0 aliphatic carbocycles. The number of amides is 1. The topological polar surface area (TPSA) is 59.4 Å². The maximum Gasteiger partial charge on any atom is 0.224 e. The van der Waals surface area contributed by atoms with Crippen LogP contribution in [-0.2, 0) is 16.1 Å². The van der Waals surface area contributed by atoms with E-state index in [1.807, 2.05) is 19.2 Å². The number of hydrogen-bond donors (Lipinski definition) is 1. The molecule has 6 nitrogen and oxygen atoms in total. The molecule has 0 saturated carbocycles. The zero-order chi connectivity index (χ0) is 15.3. The molecule has 1 aromatic heterocycles. The average molecular weight is 294 g/mol. The van der Waals surface area contributed by atoms with Crippen LogP contribution in [0.15, 0.2) is 18.5 Å². The second-order valence-electron chi connectivity index (χ2n) is 6.08. The smallest absolute Gasteiger partial charge is 0.224 e. The minimum Gasteiger partial charge on any atom is -0.381 e. The predicted octanol–water partition coefficient (Wildman–Crippen LogP) is 0.746. The van der Waals surface area contributed by atoms with E-state index in [-0.39, 0.29) is 17.4 Å². The summed E-state index contributed by atoms with van der Waals surface area (Å²) >= 11 is 0. The molecule has 0 radical (unpaired) electrons. The fourth-order valence-electron chi connectivity index (χ4n) is 2.73. The van der Waals surface area contributed by atoms with Gasteiger partial charge in [-0.15, -0.1) is 0 Å². The van der Waals surface area contributed by atoms with Crippen molar-refractivity contribution < 1.29 is 9.53 Å². The molecule has 0 bridgehead atoms. The van der Waals surface area contributed by atoms with Crippen molar-refractivity contribution in [2.45, 2.75) is 31.8 Å². The van der Waals surface area contributed by atoms with E-state index in [0.29, 0.717) is 13.1 Å². The normalized spacial score (nSPS) is 19.4. The van der Waals surface area contributed by atoms with Crippen molar-refractivity contribution in [3.05, 3.63) is 18.5 Å². The first-order valence-electron chi connectivity index (χ1n) is 7.54. The van der Waals surface area contributed by atoms with Gasteiger partial charge in [0.15, 0.2) is 0 Å². The van der Waals surface area contributed by atoms with Crippen molar-refractivity contribution in [1.82, 2.24) is 20.0 Å². The van der Waals surface area contributed by atoms with Gasteiger partial charge in [0.1, 0.15) is 0 Å². The lowest BCUT2D eigenvalue weighted by atomic mass is 9.88. The molecule has 2 heterocycles. The minimum atomic E-state index is -0.0936. The van der Waals surface area contributed by atoms with Gasteiger partial charge in [0, 0.05) is 37.7 Å². The van der Waals surface area contributed by atoms with Crippen LogP contribution in [0.1, 0.15) is 19.8 Å². The van der Waals surface area contributed by atoms with Gasteiger partial charge in [-0.2, -0.15) is 5.10 Å². The second kappa shape index (κ2) is 7.04. The molecule has 1 N–H and O–H groups in total. The summed E-state index contributed by atoms with van der Waals surface area (Å²) in [6.45, 7) is 4.74. The molecule has 0 unspecified atom stereocenters. The number of nitrogens with zero attached hydrogens (tertiary/aromatic N) is 3. The fraction of sp³-hybridized carbons (Fsp3) is 0.733. The first-order valence-corrected chi connectivity index (χ1v) is 7.54. The highest BCUT2D eigenvalue weighted by Gasteiger charge is 2.35. The van der Waals surface area contributed by atoms with Crippen molar-refractivity contribution in [2.75, 3.05) is 33.9 Å². The zero-order valence-corrected chi connectivity index (χ0v) is 13.2. The van der Waals surface area contributed by atoms with E-state index in [2.05, 4.69) is 29.4 Å². The molecule has 1 atom stereocenters. The van der Waals surface area contributed by atoms with E-state index in [0.717, 1.165) is 26.1 Å². The van der Waals surface area contributed by atoms with E-state index < -0.39 is 0 Å². The summed E-state index contributed by atoms with van der Waals surface area (Å²) in [4.78, 5) is 14.5. The molecule has 2 rings (SSSR count). The minimum absolute atomic E-state index is 0.0132. The molecular weight excluding hydrogens is 268 g/mol. The highest BCUT2D eigenvalue weighted by molar-refractivity contribution is 5.78. The van der Waals surface area contributed by atoms with Gasteiger partial charge in [0.05, 0.1) is 12.5 Å². The highest BCUT2D eigenvalue weighted by Crippen LogP contribution is 2.25. The SMILES string of the molecule is C[C@@H](Cn1cccn1)C(=O)NCC1(N(C)C)CCOCC1. The monoisotopic (exact) mass is 294 g/mol. The van der Waals surface area contributed by atoms with Gasteiger partial charge in [-0.3, -0.25) is 9.48 Å². The number of carbonyl (C=O) groups is 1. The van der Waals surface area contributed by atoms with Crippen LogP contribution >= 0.6 is 0 Å². The highest BCUT2D eigenvalue weighted by atomic mass is 16.5. The Kier molecular flexibility index (Phi) is 5.36. The van der Waals surface area contributed by atoms with Crippen molar-refractivity contribution >= 4 is 5.91 Å². The Morgan fingerprint density at radius 3 is 2.76 bits per heavy atom. The molecular formula is C15H26N4O2. The van der Waals surface area contributed by atoms with E-state index in [1.54, 1.807) is 10.9 Å². The standard InChI is InChI=1S/C15H26N4O2/c1-13(11-19-8-4-7-17-19)14(20)16-12-15(18(2)3)5-9-21-10-6-15/h4,7-8,13H,5-6,9-12H2,1-3H3,(H,16,20)/t13-/m0/s1. The maximum atomic E-state index is 12.3. The summed E-state index contributed by atoms with van der Waals surface area (Å²) in [6, 6.07) is 1.87. The Labute approximate surface area is 126 Å². The first kappa shape index (κ1) is 16.0. The van der Waals surface area contributed by atoms with Crippen LogP contribution in [0.2, 0.25) is 0 Å². The second-order valence-corrected chi connectivity index (χ2v) is 6.08. The number of likely N-dealkylation sites (N-methyl/N-ethyl adjacent to an activating group) is 1. The van der Waals surface area contributed by atoms with Crippen LogP contribution in [0, 0.1) is 5.92 Å². The van der Waals surface area contributed by atoms with Gasteiger partial charge in [-0.25, -0.2) is 0 Å². The molecule has 1 fully saturated rings. The van der Waals surface area contributed by atoms with Crippen molar-refractivity contribution in [2.24, 2.45) is 5.92 Å². The average Bonchev–Trinajstić information content (AvgIpc) is 2.98. The van der Waals surface area contributed by atoms with Gasteiger partial charge in [-0.05, 0) is 33.0 Å². The third-order valence-electron chi connectivity index (χ3n) is 4.43. The molecule has 118 valence electrons. The van der Waals surface area contributed by atoms with Gasteiger partial charge < -0.3 is 15.0 Å². The lowest BCUT2D eigenvalue weighted by Crippen LogP contribution is -2.56. The predicted molar refractivity (Wildman–Crippen MR) is 80.9 cm³/mol. The summed E-state index contributed by atoms with van der Waals surface area (Å²) in [5.41, 5.74) is 0.0132. The van der Waals surface area contributed by atoms with Crippen molar-refractivity contribution in [3.8, 4) is 0 Å². The lowest BCUT2D eigenvalue weighted by Gasteiger charge is -2.43. The molecule has 1 saturated heterocycles. The fourth-order valence-corrected chi connectivity index (χ4v) is 2.73. The van der Waals surface area contributed by atoms with Gasteiger partial charge in [0.25, 0.3) is 0 Å². The number of rotatable bonds is 6. The van der Waals surface area contributed by atoms with E-state index in [9.17, 15) is 4.79 Å². The van der Waals surface area contributed by atoms with E-state index in [1.165, 1.54) is 0 Å². The van der Waals surface area contributed by atoms with Gasteiger partial charge in [-0.1, -0.05) is 6.92 Å². The quantitative estimate of drug-likeness (QED) is 0.841. The number of carbonyl (C=O) groups excluding carboxylic acids is 1. The molecule has 1 aromatic rings. The molecule has 0 spiro atoms. The summed E-state index contributed by atoms with van der Waals surface area (Å²) in [6.07, 6.45) is 5.51. The van der Waals surface area contributed by atoms with Crippen molar-refractivity contribution in [3.63, 3.8) is 0 Å². The third-order valence-corrected chi connectivity index (χ3v) is 4.43. The number of nitrogens with one attached hydrogen (secondary N) is 1. The Bertz CT molecular complexity index is 439. The Hall–Kier alpha value is -1.40. The molecule has 1 aliphatic rings. The van der Waals surface area contributed by atoms with Crippen LogP contribution in [0.3, 0.4) is 0 Å². The lowest BCUT2D eigenvalue weighted by molar-refractivity contribution is -0.126. The Balaban J connectivity index is 1.86. The number of ether oxygens (including phenoxy) is 1. The van der Waals surface area contributed by atoms with Gasteiger partial charge >= 0.3 is 0 Å². The summed E-state index contributed by atoms with van der Waals surface area (Å²) in [5.74, 6) is -0.0119. The van der Waals surface area contributed by atoms with Crippen LogP contribution in [-0.4, -0.2) is 60.0 Å². The third kappa shape index (κ3) is 4.04. The Morgan fingerprint density at radius 2 is 2.19 bits per heavy atom. The number of aromatic nitrogens is 2. The maximum absolute atomic E-state index is 12.3. The molecule has 0 aromatic carbocycles. The summed E-state index contributed by atoms with van der Waals surface area (Å²) in [7, 11) is 4.15. The van der Waals surface area contributed by atoms with E-state index in [4.69, 9.17) is 4.74 Å². The first-order chi connectivity index (χ1) is 10.0. The van der Waals surface area contributed by atoms with Crippen molar-refractivity contribution in [1.29, 1.82) is 0 Å². The Morgan fingerprint density at radius 1 is 1.48 bits per heavy atom. The largest absolute Gasteiger partial charge is 0.381 e. The van der Waals surface area contributed by atoms with E-state index >= 15 is 0 Å². The van der Waals surface area contributed by atoms with Crippen LogP contribution in [0.4, 0.5) is 0 Å². The molecule has 1 aliphatic heterocycles. The molecule has 6 heteroatoms. The van der Waals surface area contributed by atoms with Crippen LogP contribution in [0.25, 0.3) is 0 Å². The molecule has 1 amide bonds. The van der Waals surface area contributed by atoms with Gasteiger partial charge in [0.2, 0.25) is 5.91 Å². The zero-order valence-electron chi connectivity index (χ0n) is 13.2. The number of hydrogen-bond acceptors (Lipinski definition) is 4. The van der Waals surface area contributed by atoms with Crippen LogP contribution in [0.5, 0.6) is 0 Å². The summed E-state index contributed by atoms with van der Waals surface area (Å²) < 4.78 is 7.24. The molecule has 21 heavy (non-hydrogen) atoms. The van der Waals surface area contributed by atoms with Crippen LogP contribution < -0.4 is 5.32 Å².